The molecule has 2 aromatic rings. The third kappa shape index (κ3) is 2.27. The van der Waals surface area contributed by atoms with Gasteiger partial charge >= 0.3 is 0 Å². The van der Waals surface area contributed by atoms with Gasteiger partial charge in [0, 0.05) is 29.7 Å². The summed E-state index contributed by atoms with van der Waals surface area (Å²) in [6, 6.07) is 9.22. The van der Waals surface area contributed by atoms with Crippen LogP contribution in [0.4, 0.5) is 0 Å². The van der Waals surface area contributed by atoms with Gasteiger partial charge in [-0.2, -0.15) is 0 Å². The molecule has 1 heterocycles. The van der Waals surface area contributed by atoms with Gasteiger partial charge in [0.2, 0.25) is 0 Å². The molecule has 2 heteroatoms. The van der Waals surface area contributed by atoms with Gasteiger partial charge in [-0.25, -0.2) is 0 Å². The number of hydrogen-bond acceptors (Lipinski definition) is 1. The molecule has 86 valence electrons. The summed E-state index contributed by atoms with van der Waals surface area (Å²) in [4.78, 5) is 3.25. The van der Waals surface area contributed by atoms with Gasteiger partial charge in [-0.05, 0) is 30.5 Å². The van der Waals surface area contributed by atoms with Crippen LogP contribution in [0, 0.1) is 0 Å². The lowest BCUT2D eigenvalue weighted by molar-refractivity contribution is 0.485. The van der Waals surface area contributed by atoms with E-state index in [1.165, 1.54) is 29.3 Å². The van der Waals surface area contributed by atoms with Crippen LogP contribution < -0.4 is 5.32 Å². The zero-order valence-electron chi connectivity index (χ0n) is 10.1. The summed E-state index contributed by atoms with van der Waals surface area (Å²) in [7, 11) is 0. The summed E-state index contributed by atoms with van der Waals surface area (Å²) >= 11 is 0. The first-order valence-corrected chi connectivity index (χ1v) is 6.13. The Labute approximate surface area is 97.1 Å². The molecular weight excluding hydrogens is 196 g/mol. The van der Waals surface area contributed by atoms with Crippen LogP contribution in [0.5, 0.6) is 0 Å². The molecule has 1 aromatic carbocycles. The maximum atomic E-state index is 3.60. The van der Waals surface area contributed by atoms with Crippen molar-refractivity contribution in [1.29, 1.82) is 0 Å². The molecule has 2 rings (SSSR count). The van der Waals surface area contributed by atoms with Crippen molar-refractivity contribution in [1.82, 2.24) is 10.3 Å². The smallest absolute Gasteiger partial charge is 0.0457 e. The van der Waals surface area contributed by atoms with Gasteiger partial charge in [-0.3, -0.25) is 0 Å². The number of aromatic nitrogens is 1. The molecule has 0 amide bonds. The highest BCUT2D eigenvalue weighted by Gasteiger charge is 2.04. The Bertz CT molecular complexity index is 441. The van der Waals surface area contributed by atoms with Crippen molar-refractivity contribution in [3.8, 4) is 0 Å². The Balaban J connectivity index is 2.11. The van der Waals surface area contributed by atoms with Crippen molar-refractivity contribution in [3.05, 3.63) is 36.0 Å². The molecule has 0 aliphatic heterocycles. The van der Waals surface area contributed by atoms with E-state index in [0.717, 1.165) is 6.54 Å². The van der Waals surface area contributed by atoms with E-state index >= 15 is 0 Å². The van der Waals surface area contributed by atoms with Crippen LogP contribution >= 0.6 is 0 Å². The summed E-state index contributed by atoms with van der Waals surface area (Å²) in [5.74, 6) is 0. The number of rotatable bonds is 5. The standard InChI is InChI=1S/C14H20N2/c1-3-12(4-2)16-10-11-6-5-7-14-13(11)8-9-15-14/h5-9,12,15-16H,3-4,10H2,1-2H3. The van der Waals surface area contributed by atoms with E-state index in [9.17, 15) is 0 Å². The average molecular weight is 216 g/mol. The average Bonchev–Trinajstić information content (AvgIpc) is 2.79. The van der Waals surface area contributed by atoms with E-state index in [0.29, 0.717) is 6.04 Å². The molecule has 0 fully saturated rings. The van der Waals surface area contributed by atoms with Gasteiger partial charge in [0.25, 0.3) is 0 Å². The summed E-state index contributed by atoms with van der Waals surface area (Å²) in [5, 5.41) is 4.94. The molecular formula is C14H20N2. The quantitative estimate of drug-likeness (QED) is 0.787. The fraction of sp³-hybridized carbons (Fsp3) is 0.429. The number of fused-ring (bicyclic) bond motifs is 1. The molecule has 16 heavy (non-hydrogen) atoms. The highest BCUT2D eigenvalue weighted by molar-refractivity contribution is 5.82. The Morgan fingerprint density at radius 3 is 2.75 bits per heavy atom. The minimum atomic E-state index is 0.634. The van der Waals surface area contributed by atoms with Crippen LogP contribution in [0.15, 0.2) is 30.5 Å². The normalized spacial score (nSPS) is 11.4. The Hall–Kier alpha value is -1.28. The predicted octanol–water partition coefficient (Wildman–Crippen LogP) is 3.45. The van der Waals surface area contributed by atoms with Gasteiger partial charge in [-0.15, -0.1) is 0 Å². The van der Waals surface area contributed by atoms with Crippen molar-refractivity contribution in [2.24, 2.45) is 0 Å². The van der Waals surface area contributed by atoms with E-state index in [-0.39, 0.29) is 0 Å². The Morgan fingerprint density at radius 1 is 1.19 bits per heavy atom. The molecule has 0 spiro atoms. The molecule has 0 saturated carbocycles. The molecule has 0 aliphatic carbocycles. The maximum Gasteiger partial charge on any atom is 0.0457 e. The first-order chi connectivity index (χ1) is 7.85. The van der Waals surface area contributed by atoms with Crippen LogP contribution in [0.3, 0.4) is 0 Å². The molecule has 2 N–H and O–H groups in total. The molecule has 0 saturated heterocycles. The first-order valence-electron chi connectivity index (χ1n) is 6.13. The van der Waals surface area contributed by atoms with E-state index in [4.69, 9.17) is 0 Å². The predicted molar refractivity (Wildman–Crippen MR) is 69.5 cm³/mol. The molecule has 0 bridgehead atoms. The Morgan fingerprint density at radius 2 is 2.00 bits per heavy atom. The molecule has 0 aliphatic rings. The maximum absolute atomic E-state index is 3.60. The first kappa shape index (κ1) is 11.2. The van der Waals surface area contributed by atoms with Gasteiger partial charge < -0.3 is 10.3 Å². The van der Waals surface area contributed by atoms with Crippen molar-refractivity contribution >= 4 is 10.9 Å². The van der Waals surface area contributed by atoms with Crippen LogP contribution in [0.25, 0.3) is 10.9 Å². The van der Waals surface area contributed by atoms with Gasteiger partial charge in [0.1, 0.15) is 0 Å². The minimum absolute atomic E-state index is 0.634. The third-order valence-electron chi connectivity index (χ3n) is 3.25. The zero-order valence-corrected chi connectivity index (χ0v) is 10.1. The van der Waals surface area contributed by atoms with E-state index < -0.39 is 0 Å². The summed E-state index contributed by atoms with van der Waals surface area (Å²) in [6.07, 6.45) is 4.39. The molecule has 0 atom stereocenters. The number of nitrogens with one attached hydrogen (secondary N) is 2. The van der Waals surface area contributed by atoms with Gasteiger partial charge in [0.05, 0.1) is 0 Å². The lowest BCUT2D eigenvalue weighted by Gasteiger charge is -2.15. The second-order valence-corrected chi connectivity index (χ2v) is 4.25. The second kappa shape index (κ2) is 5.17. The fourth-order valence-electron chi connectivity index (χ4n) is 2.14. The van der Waals surface area contributed by atoms with Crippen LogP contribution in [0.2, 0.25) is 0 Å². The highest BCUT2D eigenvalue weighted by Crippen LogP contribution is 2.17. The topological polar surface area (TPSA) is 27.8 Å². The summed E-state index contributed by atoms with van der Waals surface area (Å²) in [5.41, 5.74) is 2.61. The van der Waals surface area contributed by atoms with Gasteiger partial charge in [-0.1, -0.05) is 26.0 Å². The minimum Gasteiger partial charge on any atom is -0.361 e. The van der Waals surface area contributed by atoms with Crippen LogP contribution in [-0.2, 0) is 6.54 Å². The van der Waals surface area contributed by atoms with Crippen molar-refractivity contribution in [2.75, 3.05) is 0 Å². The largest absolute Gasteiger partial charge is 0.361 e. The highest BCUT2D eigenvalue weighted by atomic mass is 14.9. The summed E-state index contributed by atoms with van der Waals surface area (Å²) in [6.45, 7) is 5.43. The van der Waals surface area contributed by atoms with Crippen LogP contribution in [0.1, 0.15) is 32.3 Å². The van der Waals surface area contributed by atoms with Crippen molar-refractivity contribution in [3.63, 3.8) is 0 Å². The monoisotopic (exact) mass is 216 g/mol. The van der Waals surface area contributed by atoms with Gasteiger partial charge in [0.15, 0.2) is 0 Å². The lowest BCUT2D eigenvalue weighted by atomic mass is 10.1. The number of hydrogen-bond donors (Lipinski definition) is 2. The van der Waals surface area contributed by atoms with E-state index in [1.807, 2.05) is 6.20 Å². The van der Waals surface area contributed by atoms with Crippen LogP contribution in [-0.4, -0.2) is 11.0 Å². The number of H-pyrrole nitrogens is 1. The second-order valence-electron chi connectivity index (χ2n) is 4.25. The van der Waals surface area contributed by atoms with Crippen molar-refractivity contribution < 1.29 is 0 Å². The molecule has 2 nitrogen and oxygen atoms in total. The Kier molecular flexibility index (Phi) is 3.62. The summed E-state index contributed by atoms with van der Waals surface area (Å²) < 4.78 is 0. The van der Waals surface area contributed by atoms with E-state index in [1.54, 1.807) is 0 Å². The number of benzene rings is 1. The number of aromatic amines is 1. The fourth-order valence-corrected chi connectivity index (χ4v) is 2.14. The van der Waals surface area contributed by atoms with Crippen molar-refractivity contribution in [2.45, 2.75) is 39.3 Å². The third-order valence-corrected chi connectivity index (χ3v) is 3.25. The molecule has 0 radical (unpaired) electrons. The lowest BCUT2D eigenvalue weighted by Crippen LogP contribution is -2.26. The SMILES string of the molecule is CCC(CC)NCc1cccc2[nH]ccc12. The molecule has 1 aromatic heterocycles. The van der Waals surface area contributed by atoms with E-state index in [2.05, 4.69) is 48.4 Å². The zero-order chi connectivity index (χ0) is 11.4. The molecule has 0 unspecified atom stereocenters.